The molecular weight excluding hydrogens is 628 g/mol. The van der Waals surface area contributed by atoms with Crippen LogP contribution in [-0.4, -0.2) is 59.3 Å². The summed E-state index contributed by atoms with van der Waals surface area (Å²) in [6, 6.07) is 8.42. The van der Waals surface area contributed by atoms with Gasteiger partial charge in [0.2, 0.25) is 5.91 Å². The maximum atomic E-state index is 13.1. The van der Waals surface area contributed by atoms with Crippen LogP contribution >= 0.6 is 0 Å². The van der Waals surface area contributed by atoms with E-state index in [4.69, 9.17) is 29.8 Å². The Morgan fingerprint density at radius 3 is 2.39 bits per heavy atom. The molecule has 0 spiro atoms. The van der Waals surface area contributed by atoms with E-state index in [1.54, 1.807) is 11.9 Å². The minimum atomic E-state index is -0.0265. The van der Waals surface area contributed by atoms with Gasteiger partial charge in [0, 0.05) is 43.2 Å². The van der Waals surface area contributed by atoms with E-state index in [9.17, 15) is 4.79 Å². The summed E-state index contributed by atoms with van der Waals surface area (Å²) in [5, 5.41) is 8.95. The molecule has 0 fully saturated rings. The zero-order valence-electron chi connectivity index (χ0n) is 28.4. The predicted molar refractivity (Wildman–Crippen MR) is 182 cm³/mol. The van der Waals surface area contributed by atoms with E-state index in [0.29, 0.717) is 26.0 Å². The fraction of sp³-hybridized carbons (Fsp3) is 0.432. The van der Waals surface area contributed by atoms with Crippen LogP contribution in [0.4, 0.5) is 0 Å². The van der Waals surface area contributed by atoms with Crippen LogP contribution in [0.25, 0.3) is 39.3 Å². The van der Waals surface area contributed by atoms with Crippen molar-refractivity contribution in [1.29, 1.82) is 0 Å². The van der Waals surface area contributed by atoms with Crippen LogP contribution in [0.5, 0.6) is 0 Å². The number of allylic oxidation sites excluding steroid dienone is 2. The minimum absolute atomic E-state index is 0. The molecule has 5 heterocycles. The van der Waals surface area contributed by atoms with Gasteiger partial charge in [-0.3, -0.25) is 9.78 Å². The molecule has 0 aromatic carbocycles. The molecule has 3 aromatic heterocycles. The van der Waals surface area contributed by atoms with Crippen LogP contribution in [0.3, 0.4) is 0 Å². The quantitative estimate of drug-likeness (QED) is 0.191. The van der Waals surface area contributed by atoms with E-state index >= 15 is 0 Å². The third-order valence-electron chi connectivity index (χ3n) is 9.42. The summed E-state index contributed by atoms with van der Waals surface area (Å²) in [7, 11) is 1.80. The van der Waals surface area contributed by atoms with Crippen molar-refractivity contribution in [3.8, 4) is 0 Å². The Kier molecular flexibility index (Phi) is 11.6. The number of hydrogen-bond acceptors (Lipinski definition) is 5. The van der Waals surface area contributed by atoms with Gasteiger partial charge in [-0.25, -0.2) is 4.98 Å². The fourth-order valence-electron chi connectivity index (χ4n) is 6.49. The van der Waals surface area contributed by atoms with Gasteiger partial charge in [0.15, 0.2) is 0 Å². The molecule has 3 aromatic rings. The van der Waals surface area contributed by atoms with Crippen molar-refractivity contribution < 1.29 is 34.1 Å². The maximum Gasteiger partial charge on any atom is 2.00 e. The van der Waals surface area contributed by atoms with Gasteiger partial charge in [0.05, 0.1) is 31.2 Å². The molecule has 2 aliphatic heterocycles. The van der Waals surface area contributed by atoms with Crippen LogP contribution in [0.15, 0.2) is 30.8 Å². The molecule has 2 atom stereocenters. The smallest absolute Gasteiger partial charge is 0.657 e. The summed E-state index contributed by atoms with van der Waals surface area (Å²) in [5.74, 6) is 0.199. The number of carbonyl (C=O) groups is 1. The van der Waals surface area contributed by atoms with Gasteiger partial charge in [-0.05, 0) is 62.8 Å². The summed E-state index contributed by atoms with van der Waals surface area (Å²) in [6.07, 6.45) is 3.81. The maximum absolute atomic E-state index is 13.1. The van der Waals surface area contributed by atoms with Gasteiger partial charge in [-0.1, -0.05) is 61.9 Å². The Balaban J connectivity index is 0.00000480. The number of aromatic nitrogens is 4. The Labute approximate surface area is 285 Å². The summed E-state index contributed by atoms with van der Waals surface area (Å²) in [5.41, 5.74) is 13.9. The molecule has 8 bridgehead atoms. The first-order valence-corrected chi connectivity index (χ1v) is 15.9. The number of fused-ring (bicyclic) bond motifs is 8. The van der Waals surface area contributed by atoms with Crippen LogP contribution in [0, 0.1) is 20.8 Å². The van der Waals surface area contributed by atoms with Crippen molar-refractivity contribution in [3.05, 3.63) is 75.9 Å². The van der Waals surface area contributed by atoms with E-state index < -0.39 is 0 Å². The molecule has 46 heavy (non-hydrogen) atoms. The Hall–Kier alpha value is -3.39. The normalized spacial score (nSPS) is 16.0. The minimum Gasteiger partial charge on any atom is -0.657 e. The second-order valence-electron chi connectivity index (χ2n) is 12.2. The zero-order valence-corrected chi connectivity index (χ0v) is 31.4. The number of hydrogen-bond donors (Lipinski definition) is 1. The number of nitrogens with zero attached hydrogens (tertiary/aromatic N) is 5. The molecule has 0 unspecified atom stereocenters. The van der Waals surface area contributed by atoms with E-state index in [2.05, 4.69) is 72.4 Å². The van der Waals surface area contributed by atoms with Crippen LogP contribution in [0.1, 0.15) is 96.9 Å². The molecule has 9 heteroatoms. The summed E-state index contributed by atoms with van der Waals surface area (Å²) >= 11 is 0. The molecule has 5 rings (SSSR count). The topological polar surface area (TPSA) is 104 Å². The van der Waals surface area contributed by atoms with Gasteiger partial charge in [0.25, 0.3) is 0 Å². The van der Waals surface area contributed by atoms with Crippen LogP contribution < -0.4 is 9.97 Å². The number of aryl methyl sites for hydroxylation is 3. The van der Waals surface area contributed by atoms with Crippen LogP contribution in [-0.2, 0) is 29.0 Å². The first kappa shape index (κ1) is 35.5. The van der Waals surface area contributed by atoms with Crippen molar-refractivity contribution in [1.82, 2.24) is 24.8 Å². The molecule has 238 valence electrons. The Morgan fingerprint density at radius 1 is 1.00 bits per heavy atom. The summed E-state index contributed by atoms with van der Waals surface area (Å²) in [6.45, 7) is 18.0. The second-order valence-corrected chi connectivity index (χ2v) is 12.2. The van der Waals surface area contributed by atoms with E-state index in [0.717, 1.165) is 79.1 Å². The molecule has 1 N–H and O–H groups in total. The van der Waals surface area contributed by atoms with Crippen molar-refractivity contribution in [2.24, 2.45) is 0 Å². The number of ether oxygens (including phenoxy) is 1. The molecule has 1 amide bonds. The van der Waals surface area contributed by atoms with E-state index in [-0.39, 0.29) is 50.4 Å². The molecule has 8 nitrogen and oxygen atoms in total. The van der Waals surface area contributed by atoms with Gasteiger partial charge in [-0.15, -0.1) is 22.1 Å². The standard InChI is InChI=1S/C37H45N5O3.Zn/c1-9-26-23(5)32-20-35-27(10-2)22(4)31(39-35)19-33-24(6)28(11-12-36(44)42(8)13-15-45-16-14-43)37(41-33)25(7)30-17-21(3)29(38-30)18-34(26)40-32;/h10,17-20,24,28,43H,2,9,11-16H2,1,3-8H3;/q-2;+2/t24-,28-;/m0./s1. The summed E-state index contributed by atoms with van der Waals surface area (Å²) < 4.78 is 5.36. The van der Waals surface area contributed by atoms with Gasteiger partial charge >= 0.3 is 19.5 Å². The fourth-order valence-corrected chi connectivity index (χ4v) is 6.49. The number of likely N-dealkylation sites (N-methyl/N-ethyl adjacent to an activating group) is 1. The Morgan fingerprint density at radius 2 is 1.70 bits per heavy atom. The predicted octanol–water partition coefficient (Wildman–Crippen LogP) is 6.61. The van der Waals surface area contributed by atoms with Gasteiger partial charge in [0.1, 0.15) is 0 Å². The number of carbonyl (C=O) groups excluding carboxylic acids is 1. The molecule has 0 radical (unpaired) electrons. The monoisotopic (exact) mass is 671 g/mol. The average Bonchev–Trinajstić information content (AvgIpc) is 3.72. The molecular formula is C37H45N5O3Zn. The van der Waals surface area contributed by atoms with Crippen molar-refractivity contribution >= 4 is 45.2 Å². The number of aliphatic hydroxyl groups is 1. The number of aliphatic hydroxyl groups excluding tert-OH is 1. The van der Waals surface area contributed by atoms with Gasteiger partial charge in [-0.2, -0.15) is 0 Å². The third-order valence-corrected chi connectivity index (χ3v) is 9.42. The summed E-state index contributed by atoms with van der Waals surface area (Å²) in [4.78, 5) is 35.3. The second kappa shape index (κ2) is 15.0. The van der Waals surface area contributed by atoms with E-state index in [1.807, 2.05) is 6.08 Å². The van der Waals surface area contributed by atoms with E-state index in [1.165, 1.54) is 5.57 Å². The SMILES string of the molecule is C=Cc1c(C)c2cc3nc(c(C)c4cc(C)c(cc5nc(cc1[n-]2)C(C)=C5CC)[n-]4)[C@@H](CCC(=O)N(C)CCOCCO)[C@@H]3C.[Zn+2]. The zero-order chi connectivity index (χ0) is 32.4. The first-order valence-electron chi connectivity index (χ1n) is 15.9. The van der Waals surface area contributed by atoms with Gasteiger partial charge < -0.3 is 24.7 Å². The Bertz CT molecular complexity index is 1820. The molecule has 0 saturated heterocycles. The molecule has 0 aliphatic carbocycles. The number of rotatable bonds is 10. The first-order chi connectivity index (χ1) is 21.6. The van der Waals surface area contributed by atoms with Crippen molar-refractivity contribution in [2.45, 2.75) is 72.6 Å². The molecule has 0 saturated carbocycles. The van der Waals surface area contributed by atoms with Crippen molar-refractivity contribution in [2.75, 3.05) is 33.4 Å². The average molecular weight is 673 g/mol. The molecule has 2 aliphatic rings. The number of amides is 1. The van der Waals surface area contributed by atoms with Crippen LogP contribution in [0.2, 0.25) is 0 Å². The van der Waals surface area contributed by atoms with Crippen molar-refractivity contribution in [3.63, 3.8) is 0 Å². The largest absolute Gasteiger partial charge is 2.00 e. The third kappa shape index (κ3) is 6.97.